The first-order valence-electron chi connectivity index (χ1n) is 7.10. The van der Waals surface area contributed by atoms with Gasteiger partial charge in [-0.3, -0.25) is 0 Å². The summed E-state index contributed by atoms with van der Waals surface area (Å²) in [7, 11) is -0.325. The molecule has 0 fully saturated rings. The van der Waals surface area contributed by atoms with E-state index in [-0.39, 0.29) is 11.6 Å². The van der Waals surface area contributed by atoms with Gasteiger partial charge < -0.3 is 13.9 Å². The Hall–Kier alpha value is -0.813. The zero-order chi connectivity index (χ0) is 15.8. The molecule has 0 saturated heterocycles. The summed E-state index contributed by atoms with van der Waals surface area (Å²) in [6.07, 6.45) is 3.21. The van der Waals surface area contributed by atoms with E-state index in [2.05, 4.69) is 38.6 Å². The summed E-state index contributed by atoms with van der Waals surface area (Å²) in [6.45, 7) is 14.4. The van der Waals surface area contributed by atoms with E-state index < -0.39 is 14.5 Å². The van der Waals surface area contributed by atoms with Gasteiger partial charge in [0.05, 0.1) is 7.11 Å². The Morgan fingerprint density at radius 3 is 2.35 bits per heavy atom. The van der Waals surface area contributed by atoms with Crippen molar-refractivity contribution in [2.45, 2.75) is 58.7 Å². The summed E-state index contributed by atoms with van der Waals surface area (Å²) in [5.74, 6) is 0. The van der Waals surface area contributed by atoms with Crippen LogP contribution in [0.4, 0.5) is 4.79 Å². The number of hydrogen-bond donors (Lipinski definition) is 0. The minimum atomic E-state index is -1.63. The molecule has 118 valence electrons. The van der Waals surface area contributed by atoms with E-state index in [4.69, 9.17) is 9.16 Å². The first kappa shape index (κ1) is 19.2. The Kier molecular flexibility index (Phi) is 8.12. The Balaban J connectivity index is 3.90. The first-order valence-corrected chi connectivity index (χ1v) is 10.0. The van der Waals surface area contributed by atoms with Crippen LogP contribution in [-0.4, -0.2) is 34.8 Å². The van der Waals surface area contributed by atoms with Gasteiger partial charge in [-0.1, -0.05) is 26.3 Å². The van der Waals surface area contributed by atoms with Gasteiger partial charge in [0, 0.05) is 6.61 Å². The van der Waals surface area contributed by atoms with E-state index in [1.807, 2.05) is 13.0 Å². The number of carbonyl (C=O) groups is 1. The van der Waals surface area contributed by atoms with Gasteiger partial charge in [0.2, 0.25) is 0 Å². The highest BCUT2D eigenvalue weighted by molar-refractivity contribution is 6.74. The minimum absolute atomic E-state index is 0.256. The van der Waals surface area contributed by atoms with E-state index in [1.165, 1.54) is 12.7 Å². The van der Waals surface area contributed by atoms with Gasteiger partial charge in [0.1, 0.15) is 6.61 Å². The molecule has 0 aromatic carbocycles. The topological polar surface area (TPSA) is 44.8 Å². The lowest BCUT2D eigenvalue weighted by atomic mass is 10.1. The van der Waals surface area contributed by atoms with Crippen LogP contribution in [0.5, 0.6) is 0 Å². The number of hydrogen-bond acceptors (Lipinski definition) is 4. The fourth-order valence-electron chi connectivity index (χ4n) is 1.31. The second-order valence-corrected chi connectivity index (χ2v) is 11.3. The van der Waals surface area contributed by atoms with Gasteiger partial charge in [-0.2, -0.15) is 0 Å². The average molecular weight is 302 g/mol. The lowest BCUT2D eigenvalue weighted by Gasteiger charge is -2.36. The smallest absolute Gasteiger partial charge is 0.438 e. The number of rotatable bonds is 7. The Morgan fingerprint density at radius 2 is 1.85 bits per heavy atom. The van der Waals surface area contributed by atoms with Crippen molar-refractivity contribution in [1.29, 1.82) is 0 Å². The van der Waals surface area contributed by atoms with Gasteiger partial charge in [0.15, 0.2) is 8.32 Å². The maximum absolute atomic E-state index is 10.8. The number of carbonyl (C=O) groups excluding carboxylic acids is 1. The van der Waals surface area contributed by atoms with Gasteiger partial charge in [-0.15, -0.1) is 0 Å². The zero-order valence-electron chi connectivity index (χ0n) is 14.0. The first-order chi connectivity index (χ1) is 9.10. The van der Waals surface area contributed by atoms with Crippen LogP contribution in [0, 0.1) is 0 Å². The lowest BCUT2D eigenvalue weighted by Crippen LogP contribution is -2.40. The van der Waals surface area contributed by atoms with Crippen LogP contribution >= 0.6 is 0 Å². The van der Waals surface area contributed by atoms with Gasteiger partial charge in [-0.05, 0) is 44.0 Å². The zero-order valence-corrected chi connectivity index (χ0v) is 15.0. The van der Waals surface area contributed by atoms with E-state index >= 15 is 0 Å². The maximum Gasteiger partial charge on any atom is 0.508 e. The Morgan fingerprint density at radius 1 is 1.25 bits per heavy atom. The standard InChI is InChI=1S/C15H30O4Si/c1-13(10-12-18-14(16)17-5)9-8-11-19-20(6,7)15(2,3)4/h10H,8-9,11-12H2,1-7H3/b13-10+. The molecule has 0 radical (unpaired) electrons. The number of allylic oxidation sites excluding steroid dienone is 1. The van der Waals surface area contributed by atoms with Crippen LogP contribution in [-0.2, 0) is 13.9 Å². The van der Waals surface area contributed by atoms with Gasteiger partial charge >= 0.3 is 6.16 Å². The van der Waals surface area contributed by atoms with Crippen molar-refractivity contribution in [2.24, 2.45) is 0 Å². The molecule has 5 heteroatoms. The molecule has 0 aromatic rings. The predicted molar refractivity (Wildman–Crippen MR) is 84.5 cm³/mol. The molecule has 0 N–H and O–H groups in total. The van der Waals surface area contributed by atoms with Crippen LogP contribution < -0.4 is 0 Å². The van der Waals surface area contributed by atoms with Crippen LogP contribution in [0.2, 0.25) is 18.1 Å². The van der Waals surface area contributed by atoms with Crippen molar-refractivity contribution in [3.63, 3.8) is 0 Å². The van der Waals surface area contributed by atoms with Crippen molar-refractivity contribution in [2.75, 3.05) is 20.3 Å². The van der Waals surface area contributed by atoms with Gasteiger partial charge in [0.25, 0.3) is 0 Å². The molecular weight excluding hydrogens is 272 g/mol. The summed E-state index contributed by atoms with van der Waals surface area (Å²) in [5, 5.41) is 0.256. The summed E-state index contributed by atoms with van der Waals surface area (Å²) >= 11 is 0. The van der Waals surface area contributed by atoms with Crippen molar-refractivity contribution in [1.82, 2.24) is 0 Å². The van der Waals surface area contributed by atoms with Gasteiger partial charge in [-0.25, -0.2) is 4.79 Å². The molecule has 0 spiro atoms. The summed E-state index contributed by atoms with van der Waals surface area (Å²) in [4.78, 5) is 10.8. The third kappa shape index (κ3) is 7.70. The van der Waals surface area contributed by atoms with E-state index in [9.17, 15) is 4.79 Å². The Labute approximate surface area is 124 Å². The molecule has 0 atom stereocenters. The number of methoxy groups -OCH3 is 1. The van der Waals surface area contributed by atoms with Crippen LogP contribution in [0.25, 0.3) is 0 Å². The summed E-state index contributed by atoms with van der Waals surface area (Å²) in [6, 6.07) is 0. The predicted octanol–water partition coefficient (Wildman–Crippen LogP) is 4.52. The minimum Gasteiger partial charge on any atom is -0.438 e. The van der Waals surface area contributed by atoms with E-state index in [1.54, 1.807) is 0 Å². The fourth-order valence-corrected chi connectivity index (χ4v) is 2.40. The van der Waals surface area contributed by atoms with Crippen LogP contribution in [0.1, 0.15) is 40.5 Å². The lowest BCUT2D eigenvalue weighted by molar-refractivity contribution is 0.0816. The van der Waals surface area contributed by atoms with E-state index in [0.717, 1.165) is 19.4 Å². The molecule has 0 amide bonds. The molecule has 0 heterocycles. The molecule has 0 aliphatic heterocycles. The molecule has 0 aliphatic rings. The monoisotopic (exact) mass is 302 g/mol. The molecule has 0 unspecified atom stereocenters. The normalized spacial score (nSPS) is 13.2. The second kappa shape index (κ2) is 8.47. The molecular formula is C15H30O4Si. The third-order valence-corrected chi connectivity index (χ3v) is 8.32. The molecule has 0 aromatic heterocycles. The molecule has 4 nitrogen and oxygen atoms in total. The summed E-state index contributed by atoms with van der Waals surface area (Å²) in [5.41, 5.74) is 1.20. The molecule has 0 rings (SSSR count). The SMILES string of the molecule is COC(=O)OC/C=C(\C)CCCO[Si](C)(C)C(C)(C)C. The van der Waals surface area contributed by atoms with E-state index in [0.29, 0.717) is 0 Å². The quantitative estimate of drug-likeness (QED) is 0.300. The summed E-state index contributed by atoms with van der Waals surface area (Å²) < 4.78 is 15.3. The number of ether oxygens (including phenoxy) is 2. The molecule has 0 aliphatic carbocycles. The van der Waals surface area contributed by atoms with Crippen LogP contribution in [0.3, 0.4) is 0 Å². The highest BCUT2D eigenvalue weighted by Gasteiger charge is 2.36. The molecule has 0 bridgehead atoms. The maximum atomic E-state index is 10.8. The highest BCUT2D eigenvalue weighted by Crippen LogP contribution is 2.36. The Bertz CT molecular complexity index is 329. The average Bonchev–Trinajstić information content (AvgIpc) is 2.33. The van der Waals surface area contributed by atoms with Crippen molar-refractivity contribution < 1.29 is 18.7 Å². The molecule has 0 saturated carbocycles. The van der Waals surface area contributed by atoms with Crippen LogP contribution in [0.15, 0.2) is 11.6 Å². The largest absolute Gasteiger partial charge is 0.508 e. The highest BCUT2D eigenvalue weighted by atomic mass is 28.4. The van der Waals surface area contributed by atoms with Crippen molar-refractivity contribution in [3.05, 3.63) is 11.6 Å². The second-order valence-electron chi connectivity index (χ2n) is 6.53. The van der Waals surface area contributed by atoms with Crippen molar-refractivity contribution >= 4 is 14.5 Å². The fraction of sp³-hybridized carbons (Fsp3) is 0.800. The van der Waals surface area contributed by atoms with Crippen molar-refractivity contribution in [3.8, 4) is 0 Å². The third-order valence-electron chi connectivity index (χ3n) is 3.78. The molecule has 20 heavy (non-hydrogen) atoms.